The monoisotopic (exact) mass is 488 g/mol. The summed E-state index contributed by atoms with van der Waals surface area (Å²) in [6, 6.07) is 15.8. The standard InChI is InChI=1S/C28H32N4O4/c1-34-24-7-5-4-6-22(24)23-8-9-27(30-29-23)31-13-10-19(11-14-31)28(33)32-15-12-20-16-25(35-2)26(36-3)17-21(20)18-32/h4-9,16-17,19H,10-15,18H2,1-3H3. The fourth-order valence-electron chi connectivity index (χ4n) is 5.18. The Morgan fingerprint density at radius 2 is 1.53 bits per heavy atom. The molecule has 0 radical (unpaired) electrons. The van der Waals surface area contributed by atoms with Gasteiger partial charge in [0.15, 0.2) is 17.3 Å². The molecule has 2 aliphatic rings. The first-order chi connectivity index (χ1) is 17.6. The van der Waals surface area contributed by atoms with Gasteiger partial charge < -0.3 is 24.0 Å². The van der Waals surface area contributed by atoms with Crippen molar-refractivity contribution in [2.24, 2.45) is 5.92 Å². The Labute approximate surface area is 211 Å². The van der Waals surface area contributed by atoms with Crippen LogP contribution in [-0.4, -0.2) is 62.0 Å². The summed E-state index contributed by atoms with van der Waals surface area (Å²) in [5.74, 6) is 3.33. The molecule has 2 aromatic carbocycles. The van der Waals surface area contributed by atoms with E-state index in [1.54, 1.807) is 21.3 Å². The van der Waals surface area contributed by atoms with E-state index in [1.807, 2.05) is 53.4 Å². The Balaban J connectivity index is 1.20. The second-order valence-electron chi connectivity index (χ2n) is 9.22. The number of rotatable bonds is 6. The van der Waals surface area contributed by atoms with Crippen LogP contribution in [0.25, 0.3) is 11.3 Å². The number of amides is 1. The minimum atomic E-state index is 0.0313. The lowest BCUT2D eigenvalue weighted by atomic mass is 9.92. The summed E-state index contributed by atoms with van der Waals surface area (Å²) in [6.45, 7) is 2.92. The van der Waals surface area contributed by atoms with E-state index in [9.17, 15) is 4.79 Å². The molecule has 0 bridgehead atoms. The second kappa shape index (κ2) is 10.4. The first kappa shape index (κ1) is 23.9. The van der Waals surface area contributed by atoms with Crippen LogP contribution < -0.4 is 19.1 Å². The average Bonchev–Trinajstić information content (AvgIpc) is 2.95. The van der Waals surface area contributed by atoms with Gasteiger partial charge in [-0.1, -0.05) is 12.1 Å². The number of piperidine rings is 1. The molecule has 3 aromatic rings. The number of hydrogen-bond acceptors (Lipinski definition) is 7. The van der Waals surface area contributed by atoms with Crippen LogP contribution in [0.5, 0.6) is 17.2 Å². The zero-order valence-electron chi connectivity index (χ0n) is 21.1. The largest absolute Gasteiger partial charge is 0.496 e. The number of hydrogen-bond donors (Lipinski definition) is 0. The van der Waals surface area contributed by atoms with Crippen molar-refractivity contribution in [3.63, 3.8) is 0 Å². The lowest BCUT2D eigenvalue weighted by molar-refractivity contribution is -0.137. The quantitative estimate of drug-likeness (QED) is 0.520. The van der Waals surface area contributed by atoms with Crippen molar-refractivity contribution in [1.29, 1.82) is 0 Å². The van der Waals surface area contributed by atoms with Crippen molar-refractivity contribution in [2.75, 3.05) is 45.9 Å². The van der Waals surface area contributed by atoms with Crippen LogP contribution in [0.4, 0.5) is 5.82 Å². The first-order valence-corrected chi connectivity index (χ1v) is 12.4. The smallest absolute Gasteiger partial charge is 0.226 e. The van der Waals surface area contributed by atoms with Crippen molar-refractivity contribution in [1.82, 2.24) is 15.1 Å². The van der Waals surface area contributed by atoms with Gasteiger partial charge in [0.2, 0.25) is 5.91 Å². The molecule has 1 amide bonds. The van der Waals surface area contributed by atoms with Gasteiger partial charge >= 0.3 is 0 Å². The lowest BCUT2D eigenvalue weighted by Gasteiger charge is -2.36. The minimum Gasteiger partial charge on any atom is -0.496 e. The zero-order valence-corrected chi connectivity index (χ0v) is 21.1. The van der Waals surface area contributed by atoms with Gasteiger partial charge in [0.25, 0.3) is 0 Å². The van der Waals surface area contributed by atoms with Crippen LogP contribution in [0.2, 0.25) is 0 Å². The second-order valence-corrected chi connectivity index (χ2v) is 9.22. The van der Waals surface area contributed by atoms with E-state index in [-0.39, 0.29) is 11.8 Å². The van der Waals surface area contributed by atoms with E-state index in [2.05, 4.69) is 15.1 Å². The summed E-state index contributed by atoms with van der Waals surface area (Å²) in [4.78, 5) is 17.6. The summed E-state index contributed by atoms with van der Waals surface area (Å²) in [6.07, 6.45) is 2.45. The van der Waals surface area contributed by atoms with Gasteiger partial charge in [-0.3, -0.25) is 4.79 Å². The number of anilines is 1. The average molecular weight is 489 g/mol. The Hall–Kier alpha value is -3.81. The highest BCUT2D eigenvalue weighted by molar-refractivity contribution is 5.79. The molecule has 2 aliphatic heterocycles. The predicted octanol–water partition coefficient (Wildman–Crippen LogP) is 3.97. The Kier molecular flexibility index (Phi) is 6.93. The summed E-state index contributed by atoms with van der Waals surface area (Å²) < 4.78 is 16.3. The van der Waals surface area contributed by atoms with Gasteiger partial charge in [0.1, 0.15) is 5.75 Å². The predicted molar refractivity (Wildman–Crippen MR) is 138 cm³/mol. The minimum absolute atomic E-state index is 0.0313. The van der Waals surface area contributed by atoms with Crippen LogP contribution >= 0.6 is 0 Å². The van der Waals surface area contributed by atoms with Gasteiger partial charge in [-0.15, -0.1) is 10.2 Å². The third-order valence-electron chi connectivity index (χ3n) is 7.23. The fourth-order valence-corrected chi connectivity index (χ4v) is 5.18. The van der Waals surface area contributed by atoms with E-state index < -0.39 is 0 Å². The molecule has 1 saturated heterocycles. The normalized spacial score (nSPS) is 15.9. The number of ether oxygens (including phenoxy) is 3. The Morgan fingerprint density at radius 1 is 0.833 bits per heavy atom. The van der Waals surface area contributed by atoms with E-state index in [4.69, 9.17) is 14.2 Å². The van der Waals surface area contributed by atoms with Crippen molar-refractivity contribution >= 4 is 11.7 Å². The maximum absolute atomic E-state index is 13.4. The van der Waals surface area contributed by atoms with Crippen molar-refractivity contribution < 1.29 is 19.0 Å². The molecule has 8 nitrogen and oxygen atoms in total. The van der Waals surface area contributed by atoms with Gasteiger partial charge in [-0.05, 0) is 66.8 Å². The number of benzene rings is 2. The Bertz CT molecular complexity index is 1220. The van der Waals surface area contributed by atoms with Crippen LogP contribution in [0.3, 0.4) is 0 Å². The third kappa shape index (κ3) is 4.67. The molecule has 0 atom stereocenters. The van der Waals surface area contributed by atoms with E-state index in [0.717, 1.165) is 73.0 Å². The molecule has 0 spiro atoms. The van der Waals surface area contributed by atoms with Gasteiger partial charge in [-0.25, -0.2) is 0 Å². The van der Waals surface area contributed by atoms with Crippen LogP contribution in [0.1, 0.15) is 24.0 Å². The summed E-state index contributed by atoms with van der Waals surface area (Å²) in [7, 11) is 4.94. The number of aromatic nitrogens is 2. The molecule has 1 aromatic heterocycles. The maximum Gasteiger partial charge on any atom is 0.226 e. The van der Waals surface area contributed by atoms with Gasteiger partial charge in [0.05, 0.1) is 27.0 Å². The molecular formula is C28H32N4O4. The zero-order chi connectivity index (χ0) is 25.1. The summed E-state index contributed by atoms with van der Waals surface area (Å²) in [5, 5.41) is 8.91. The summed E-state index contributed by atoms with van der Waals surface area (Å²) in [5.41, 5.74) is 4.06. The number of carbonyl (C=O) groups is 1. The molecular weight excluding hydrogens is 456 g/mol. The van der Waals surface area contributed by atoms with Crippen LogP contribution in [0.15, 0.2) is 48.5 Å². The molecule has 188 valence electrons. The Morgan fingerprint density at radius 3 is 2.19 bits per heavy atom. The molecule has 36 heavy (non-hydrogen) atoms. The van der Waals surface area contributed by atoms with E-state index in [1.165, 1.54) is 5.56 Å². The SMILES string of the molecule is COc1cc2c(cc1OC)CN(C(=O)C1CCN(c3ccc(-c4ccccc4OC)nn3)CC1)CC2. The highest BCUT2D eigenvalue weighted by Crippen LogP contribution is 2.34. The number of methoxy groups -OCH3 is 3. The van der Waals surface area contributed by atoms with Crippen LogP contribution in [-0.2, 0) is 17.8 Å². The number of carbonyl (C=O) groups excluding carboxylic acids is 1. The van der Waals surface area contributed by atoms with Gasteiger partial charge in [-0.2, -0.15) is 0 Å². The molecule has 1 fully saturated rings. The van der Waals surface area contributed by atoms with Crippen molar-refractivity contribution in [3.05, 3.63) is 59.7 Å². The molecule has 0 unspecified atom stereocenters. The maximum atomic E-state index is 13.4. The topological polar surface area (TPSA) is 77.0 Å². The fraction of sp³-hybridized carbons (Fsp3) is 0.393. The molecule has 0 N–H and O–H groups in total. The highest BCUT2D eigenvalue weighted by Gasteiger charge is 2.31. The lowest BCUT2D eigenvalue weighted by Crippen LogP contribution is -2.44. The summed E-state index contributed by atoms with van der Waals surface area (Å²) >= 11 is 0. The molecule has 0 aliphatic carbocycles. The number of nitrogens with zero attached hydrogens (tertiary/aromatic N) is 4. The first-order valence-electron chi connectivity index (χ1n) is 12.4. The molecule has 3 heterocycles. The van der Waals surface area contributed by atoms with E-state index >= 15 is 0 Å². The van der Waals surface area contributed by atoms with Crippen molar-refractivity contribution in [2.45, 2.75) is 25.8 Å². The van der Waals surface area contributed by atoms with Gasteiger partial charge in [0, 0.05) is 37.7 Å². The molecule has 8 heteroatoms. The number of para-hydroxylation sites is 1. The highest BCUT2D eigenvalue weighted by atomic mass is 16.5. The molecule has 5 rings (SSSR count). The third-order valence-corrected chi connectivity index (χ3v) is 7.23. The van der Waals surface area contributed by atoms with Crippen molar-refractivity contribution in [3.8, 4) is 28.5 Å². The number of fused-ring (bicyclic) bond motifs is 1. The van der Waals surface area contributed by atoms with E-state index in [0.29, 0.717) is 12.3 Å². The molecule has 0 saturated carbocycles. The van der Waals surface area contributed by atoms with Crippen LogP contribution in [0, 0.1) is 5.92 Å².